The number of nitrogens with one attached hydrogen (secondary N) is 1. The van der Waals surface area contributed by atoms with Gasteiger partial charge in [-0.3, -0.25) is 9.69 Å². The number of hydrogen-bond acceptors (Lipinski definition) is 5. The largest absolute Gasteiger partial charge is 0.492 e. The van der Waals surface area contributed by atoms with Crippen molar-refractivity contribution < 1.29 is 9.53 Å². The van der Waals surface area contributed by atoms with E-state index in [0.717, 1.165) is 46.5 Å². The van der Waals surface area contributed by atoms with Crippen LogP contribution >= 0.6 is 15.9 Å². The molecule has 3 heterocycles. The van der Waals surface area contributed by atoms with Crippen molar-refractivity contribution in [2.75, 3.05) is 19.7 Å². The molecule has 1 aliphatic rings. The van der Waals surface area contributed by atoms with Crippen molar-refractivity contribution in [3.8, 4) is 17.1 Å². The quantitative estimate of drug-likeness (QED) is 0.627. The van der Waals surface area contributed by atoms with Gasteiger partial charge in [0.15, 0.2) is 5.65 Å². The first-order valence-electron chi connectivity index (χ1n) is 8.88. The fourth-order valence-corrected chi connectivity index (χ4v) is 3.75. The molecule has 1 amide bonds. The molecule has 140 valence electrons. The van der Waals surface area contributed by atoms with Gasteiger partial charge >= 0.3 is 0 Å². The number of carbonyl (C=O) groups excluding carboxylic acids is 1. The molecule has 8 heteroatoms. The van der Waals surface area contributed by atoms with Gasteiger partial charge in [-0.25, -0.2) is 9.97 Å². The molecule has 1 unspecified atom stereocenters. The number of pyridine rings is 1. The Labute approximate surface area is 165 Å². The second kappa shape index (κ2) is 7.66. The number of likely N-dealkylation sites (tertiary alicyclic amines) is 1. The van der Waals surface area contributed by atoms with E-state index >= 15 is 0 Å². The van der Waals surface area contributed by atoms with Gasteiger partial charge in [-0.2, -0.15) is 0 Å². The molecule has 0 bridgehead atoms. The lowest BCUT2D eigenvalue weighted by molar-refractivity contribution is -0.122. The van der Waals surface area contributed by atoms with Crippen molar-refractivity contribution >= 4 is 33.0 Å². The van der Waals surface area contributed by atoms with Crippen LogP contribution in [-0.2, 0) is 4.79 Å². The average molecular weight is 430 g/mol. The van der Waals surface area contributed by atoms with Crippen LogP contribution in [0.15, 0.2) is 41.0 Å². The van der Waals surface area contributed by atoms with E-state index in [-0.39, 0.29) is 11.9 Å². The van der Waals surface area contributed by atoms with Crippen LogP contribution in [0.3, 0.4) is 0 Å². The molecule has 0 spiro atoms. The number of hydrogen-bond donors (Lipinski definition) is 2. The fraction of sp³-hybridized carbons (Fsp3) is 0.316. The zero-order valence-electron chi connectivity index (χ0n) is 14.7. The van der Waals surface area contributed by atoms with Crippen molar-refractivity contribution in [2.24, 2.45) is 5.73 Å². The van der Waals surface area contributed by atoms with Gasteiger partial charge in [0, 0.05) is 22.8 Å². The molecule has 0 aliphatic carbocycles. The lowest BCUT2D eigenvalue weighted by atomic mass is 10.2. The van der Waals surface area contributed by atoms with Gasteiger partial charge in [-0.1, -0.05) is 0 Å². The second-order valence-electron chi connectivity index (χ2n) is 6.58. The molecule has 1 saturated heterocycles. The maximum absolute atomic E-state index is 11.4. The number of nitrogens with two attached hydrogens (primary N) is 1. The van der Waals surface area contributed by atoms with Crippen molar-refractivity contribution in [3.05, 3.63) is 41.0 Å². The first kappa shape index (κ1) is 17.9. The lowest BCUT2D eigenvalue weighted by Gasteiger charge is -2.21. The Kier molecular flexibility index (Phi) is 5.09. The summed E-state index contributed by atoms with van der Waals surface area (Å²) in [6.07, 6.45) is 3.57. The zero-order valence-corrected chi connectivity index (χ0v) is 16.3. The first-order chi connectivity index (χ1) is 13.1. The van der Waals surface area contributed by atoms with E-state index in [1.165, 1.54) is 0 Å². The van der Waals surface area contributed by atoms with Gasteiger partial charge < -0.3 is 15.5 Å². The number of carbonyl (C=O) groups is 1. The minimum atomic E-state index is -0.246. The molecule has 4 rings (SSSR count). The van der Waals surface area contributed by atoms with Crippen molar-refractivity contribution in [1.29, 1.82) is 0 Å². The van der Waals surface area contributed by atoms with Gasteiger partial charge in [-0.15, -0.1) is 0 Å². The third kappa shape index (κ3) is 3.96. The molecule has 1 fully saturated rings. The molecule has 3 aromatic rings. The summed E-state index contributed by atoms with van der Waals surface area (Å²) in [5.74, 6) is 1.30. The fourth-order valence-electron chi connectivity index (χ4n) is 3.42. The van der Waals surface area contributed by atoms with E-state index in [1.54, 1.807) is 6.20 Å². The van der Waals surface area contributed by atoms with E-state index in [2.05, 4.69) is 35.8 Å². The number of ether oxygens (including phenoxy) is 1. The highest BCUT2D eigenvalue weighted by Crippen LogP contribution is 2.24. The van der Waals surface area contributed by atoms with Crippen molar-refractivity contribution in [3.63, 3.8) is 0 Å². The number of nitrogens with zero attached hydrogens (tertiary/aromatic N) is 3. The number of H-pyrrole nitrogens is 1. The number of primary amides is 1. The molecule has 0 radical (unpaired) electrons. The van der Waals surface area contributed by atoms with E-state index in [0.29, 0.717) is 18.8 Å². The van der Waals surface area contributed by atoms with E-state index in [1.807, 2.05) is 30.3 Å². The number of benzene rings is 1. The topological polar surface area (TPSA) is 97.1 Å². The number of imidazole rings is 1. The second-order valence-corrected chi connectivity index (χ2v) is 7.49. The minimum Gasteiger partial charge on any atom is -0.492 e. The Morgan fingerprint density at radius 3 is 2.96 bits per heavy atom. The molecule has 3 N–H and O–H groups in total. The Morgan fingerprint density at radius 1 is 1.37 bits per heavy atom. The summed E-state index contributed by atoms with van der Waals surface area (Å²) in [5.41, 5.74) is 7.97. The van der Waals surface area contributed by atoms with Gasteiger partial charge in [0.1, 0.15) is 18.2 Å². The first-order valence-corrected chi connectivity index (χ1v) is 9.67. The van der Waals surface area contributed by atoms with Gasteiger partial charge in [-0.05, 0) is 65.6 Å². The zero-order chi connectivity index (χ0) is 18.8. The molecule has 1 atom stereocenters. The minimum absolute atomic E-state index is 0.155. The summed E-state index contributed by atoms with van der Waals surface area (Å²) < 4.78 is 6.73. The average Bonchev–Trinajstić information content (AvgIpc) is 3.28. The monoisotopic (exact) mass is 429 g/mol. The number of fused-ring (bicyclic) bond motifs is 1. The number of aromatic nitrogens is 3. The lowest BCUT2D eigenvalue weighted by Crippen LogP contribution is -2.42. The Balaban J connectivity index is 1.38. The maximum atomic E-state index is 11.4. The van der Waals surface area contributed by atoms with Gasteiger partial charge in [0.25, 0.3) is 0 Å². The molecule has 0 saturated carbocycles. The number of aromatic amines is 1. The molecule has 1 aromatic carbocycles. The van der Waals surface area contributed by atoms with Crippen LogP contribution in [0.5, 0.6) is 5.75 Å². The SMILES string of the molecule is NC(=O)C1CCCN1CCOc1ccc(-c2nc3ncc(Br)cc3[nH]2)cc1. The van der Waals surface area contributed by atoms with Gasteiger partial charge in [0.05, 0.1) is 11.6 Å². The highest BCUT2D eigenvalue weighted by atomic mass is 79.9. The van der Waals surface area contributed by atoms with Crippen LogP contribution in [0.2, 0.25) is 0 Å². The van der Waals surface area contributed by atoms with Gasteiger partial charge in [0.2, 0.25) is 5.91 Å². The van der Waals surface area contributed by atoms with E-state index in [4.69, 9.17) is 10.5 Å². The molecule has 2 aromatic heterocycles. The van der Waals surface area contributed by atoms with Crippen LogP contribution in [0.1, 0.15) is 12.8 Å². The number of halogens is 1. The number of amides is 1. The van der Waals surface area contributed by atoms with E-state index in [9.17, 15) is 4.79 Å². The third-order valence-electron chi connectivity index (χ3n) is 4.77. The summed E-state index contributed by atoms with van der Waals surface area (Å²) in [6, 6.07) is 9.56. The highest BCUT2D eigenvalue weighted by Gasteiger charge is 2.28. The van der Waals surface area contributed by atoms with Crippen LogP contribution < -0.4 is 10.5 Å². The normalized spacial score (nSPS) is 17.4. The van der Waals surface area contributed by atoms with Crippen molar-refractivity contribution in [1.82, 2.24) is 19.9 Å². The summed E-state index contributed by atoms with van der Waals surface area (Å²) in [6.45, 7) is 2.11. The smallest absolute Gasteiger partial charge is 0.234 e. The van der Waals surface area contributed by atoms with Crippen LogP contribution in [0.25, 0.3) is 22.6 Å². The molecule has 1 aliphatic heterocycles. The third-order valence-corrected chi connectivity index (χ3v) is 5.20. The van der Waals surface area contributed by atoms with Crippen LogP contribution in [0, 0.1) is 0 Å². The molecule has 7 nitrogen and oxygen atoms in total. The van der Waals surface area contributed by atoms with E-state index < -0.39 is 0 Å². The maximum Gasteiger partial charge on any atom is 0.234 e. The molecular formula is C19H20BrN5O2. The standard InChI is InChI=1S/C19H20BrN5O2/c20-13-10-15-19(22-11-13)24-18(23-15)12-3-5-14(6-4-12)27-9-8-25-7-1-2-16(25)17(21)26/h3-6,10-11,16H,1-2,7-9H2,(H2,21,26)(H,22,23,24). The Bertz CT molecular complexity index is 956. The number of rotatable bonds is 6. The summed E-state index contributed by atoms with van der Waals surface area (Å²) in [4.78, 5) is 25.6. The molecular weight excluding hydrogens is 410 g/mol. The predicted molar refractivity (Wildman–Crippen MR) is 106 cm³/mol. The summed E-state index contributed by atoms with van der Waals surface area (Å²) >= 11 is 3.41. The highest BCUT2D eigenvalue weighted by molar-refractivity contribution is 9.10. The van der Waals surface area contributed by atoms with Crippen LogP contribution in [-0.4, -0.2) is 51.5 Å². The summed E-state index contributed by atoms with van der Waals surface area (Å²) in [5, 5.41) is 0. The molecule has 27 heavy (non-hydrogen) atoms. The van der Waals surface area contributed by atoms with Crippen LogP contribution in [0.4, 0.5) is 0 Å². The predicted octanol–water partition coefficient (Wildman–Crippen LogP) is 2.72. The van der Waals surface area contributed by atoms with Crippen molar-refractivity contribution in [2.45, 2.75) is 18.9 Å². The summed E-state index contributed by atoms with van der Waals surface area (Å²) in [7, 11) is 0. The Hall–Kier alpha value is -2.45. The Morgan fingerprint density at radius 2 is 2.19 bits per heavy atom.